The van der Waals surface area contributed by atoms with Crippen molar-refractivity contribution in [2.75, 3.05) is 13.1 Å². The van der Waals surface area contributed by atoms with E-state index in [9.17, 15) is 24.0 Å². The summed E-state index contributed by atoms with van der Waals surface area (Å²) in [5, 5.41) is 25.0. The second-order valence-corrected chi connectivity index (χ2v) is 6.84. The van der Waals surface area contributed by atoms with Gasteiger partial charge in [-0.15, -0.1) is 0 Å². The summed E-state index contributed by atoms with van der Waals surface area (Å²) in [4.78, 5) is 58.7. The molecule has 0 rings (SSSR count). The third-order valence-corrected chi connectivity index (χ3v) is 4.02. The van der Waals surface area contributed by atoms with E-state index in [1.165, 1.54) is 0 Å². The molecule has 12 heteroatoms. The molecule has 3 amide bonds. The van der Waals surface area contributed by atoms with Crippen LogP contribution in [0.1, 0.15) is 39.5 Å². The molecule has 3 atom stereocenters. The lowest BCUT2D eigenvalue weighted by atomic mass is 10.0. The molecule has 0 aliphatic rings. The second-order valence-electron chi connectivity index (χ2n) is 6.84. The number of rotatable bonds is 14. The van der Waals surface area contributed by atoms with E-state index in [1.54, 1.807) is 13.8 Å². The summed E-state index contributed by atoms with van der Waals surface area (Å²) in [6, 6.07) is -3.72. The van der Waals surface area contributed by atoms with Gasteiger partial charge in [0.15, 0.2) is 0 Å². The van der Waals surface area contributed by atoms with E-state index < -0.39 is 54.2 Å². The van der Waals surface area contributed by atoms with E-state index in [0.29, 0.717) is 19.4 Å². The molecule has 0 aliphatic carbocycles. The molecule has 166 valence electrons. The second kappa shape index (κ2) is 13.4. The normalized spacial score (nSPS) is 13.8. The minimum Gasteiger partial charge on any atom is -0.481 e. The van der Waals surface area contributed by atoms with Gasteiger partial charge in [-0.25, -0.2) is 4.79 Å². The fraction of sp³-hybridized carbons (Fsp3) is 0.706. The van der Waals surface area contributed by atoms with Crippen LogP contribution in [0.2, 0.25) is 0 Å². The average molecular weight is 417 g/mol. The third kappa shape index (κ3) is 10.4. The van der Waals surface area contributed by atoms with Crippen LogP contribution in [0.25, 0.3) is 0 Å². The molecule has 0 saturated carbocycles. The number of aliphatic carboxylic acids is 2. The molecule has 0 bridgehead atoms. The van der Waals surface area contributed by atoms with E-state index in [-0.39, 0.29) is 18.9 Å². The zero-order valence-corrected chi connectivity index (χ0v) is 16.6. The lowest BCUT2D eigenvalue weighted by Crippen LogP contribution is -2.57. The quantitative estimate of drug-likeness (QED) is 0.152. The molecule has 0 aromatic rings. The van der Waals surface area contributed by atoms with Gasteiger partial charge >= 0.3 is 11.9 Å². The van der Waals surface area contributed by atoms with Crippen molar-refractivity contribution in [3.63, 3.8) is 0 Å². The summed E-state index contributed by atoms with van der Waals surface area (Å²) in [5.41, 5.74) is 10.7. The SMILES string of the molecule is CC(C)C(NC(=O)CN)C(=O)NC(CCCCN)C(=O)NC(CC(=O)O)C(=O)O. The van der Waals surface area contributed by atoms with Crippen LogP contribution in [0.5, 0.6) is 0 Å². The number of nitrogens with one attached hydrogen (secondary N) is 3. The standard InChI is InChI=1S/C17H31N5O7/c1-9(2)14(22-12(23)8-19)16(27)20-10(5-3-4-6-18)15(26)21-11(17(28)29)7-13(24)25/h9-11,14H,3-8,18-19H2,1-2H3,(H,20,27)(H,21,26)(H,22,23)(H,24,25)(H,28,29). The summed E-state index contributed by atoms with van der Waals surface area (Å²) in [5.74, 6) is -5.24. The van der Waals surface area contributed by atoms with E-state index >= 15 is 0 Å². The van der Waals surface area contributed by atoms with Crippen LogP contribution in [0.3, 0.4) is 0 Å². The summed E-state index contributed by atoms with van der Waals surface area (Å²) in [6.07, 6.45) is 0.372. The Bertz CT molecular complexity index is 597. The molecule has 0 radical (unpaired) electrons. The van der Waals surface area contributed by atoms with E-state index in [2.05, 4.69) is 16.0 Å². The molecule has 0 fully saturated rings. The van der Waals surface area contributed by atoms with Crippen LogP contribution < -0.4 is 27.4 Å². The van der Waals surface area contributed by atoms with Crippen molar-refractivity contribution in [2.24, 2.45) is 17.4 Å². The molecule has 9 N–H and O–H groups in total. The van der Waals surface area contributed by atoms with Gasteiger partial charge in [0.05, 0.1) is 13.0 Å². The zero-order chi connectivity index (χ0) is 22.6. The summed E-state index contributed by atoms with van der Waals surface area (Å²) in [6.45, 7) is 3.43. The van der Waals surface area contributed by atoms with E-state index in [1.807, 2.05) is 0 Å². The minimum atomic E-state index is -1.65. The fourth-order valence-electron chi connectivity index (χ4n) is 2.44. The average Bonchev–Trinajstić information content (AvgIpc) is 2.63. The number of hydrogen-bond donors (Lipinski definition) is 7. The predicted molar refractivity (Wildman–Crippen MR) is 102 cm³/mol. The maximum Gasteiger partial charge on any atom is 0.326 e. The van der Waals surface area contributed by atoms with Crippen LogP contribution in [-0.2, 0) is 24.0 Å². The molecule has 29 heavy (non-hydrogen) atoms. The van der Waals surface area contributed by atoms with Gasteiger partial charge < -0.3 is 37.6 Å². The van der Waals surface area contributed by atoms with E-state index in [0.717, 1.165) is 0 Å². The molecule has 3 unspecified atom stereocenters. The first kappa shape index (κ1) is 26.3. The number of nitrogens with two attached hydrogens (primary N) is 2. The third-order valence-electron chi connectivity index (χ3n) is 4.02. The number of hydrogen-bond acceptors (Lipinski definition) is 7. The Kier molecular flexibility index (Phi) is 12.2. The lowest BCUT2D eigenvalue weighted by Gasteiger charge is -2.26. The highest BCUT2D eigenvalue weighted by Crippen LogP contribution is 2.07. The van der Waals surface area contributed by atoms with Crippen LogP contribution in [0.4, 0.5) is 0 Å². The van der Waals surface area contributed by atoms with Crippen molar-refractivity contribution in [1.82, 2.24) is 16.0 Å². The van der Waals surface area contributed by atoms with Crippen molar-refractivity contribution >= 4 is 29.7 Å². The number of amides is 3. The molecule has 0 heterocycles. The van der Waals surface area contributed by atoms with Crippen molar-refractivity contribution in [2.45, 2.75) is 57.7 Å². The molecular formula is C17H31N5O7. The van der Waals surface area contributed by atoms with Gasteiger partial charge in [0.1, 0.15) is 18.1 Å². The number of carbonyl (C=O) groups excluding carboxylic acids is 3. The van der Waals surface area contributed by atoms with Crippen LogP contribution in [0.15, 0.2) is 0 Å². The van der Waals surface area contributed by atoms with Gasteiger partial charge in [-0.05, 0) is 31.7 Å². The maximum atomic E-state index is 12.6. The smallest absolute Gasteiger partial charge is 0.326 e. The van der Waals surface area contributed by atoms with Gasteiger partial charge in [-0.2, -0.15) is 0 Å². The first-order chi connectivity index (χ1) is 13.5. The van der Waals surface area contributed by atoms with Gasteiger partial charge in [0.25, 0.3) is 0 Å². The maximum absolute atomic E-state index is 12.6. The van der Waals surface area contributed by atoms with Gasteiger partial charge in [0, 0.05) is 0 Å². The Hall–Kier alpha value is -2.73. The number of carbonyl (C=O) groups is 5. The Morgan fingerprint density at radius 2 is 1.45 bits per heavy atom. The van der Waals surface area contributed by atoms with Gasteiger partial charge in [0.2, 0.25) is 17.7 Å². The minimum absolute atomic E-state index is 0.157. The van der Waals surface area contributed by atoms with Crippen LogP contribution in [0, 0.1) is 5.92 Å². The summed E-state index contributed by atoms with van der Waals surface area (Å²) < 4.78 is 0. The highest BCUT2D eigenvalue weighted by atomic mass is 16.4. The zero-order valence-electron chi connectivity index (χ0n) is 16.6. The molecule has 0 saturated heterocycles. The van der Waals surface area contributed by atoms with Crippen molar-refractivity contribution in [3.8, 4) is 0 Å². The molecule has 0 aromatic carbocycles. The predicted octanol–water partition coefficient (Wildman–Crippen LogP) is -2.26. The van der Waals surface area contributed by atoms with Gasteiger partial charge in [-0.1, -0.05) is 13.8 Å². The Labute approximate surface area is 168 Å². The highest BCUT2D eigenvalue weighted by molar-refractivity contribution is 5.94. The Balaban J connectivity index is 5.33. The number of carboxylic acid groups (broad SMARTS) is 2. The largest absolute Gasteiger partial charge is 0.481 e. The molecule has 12 nitrogen and oxygen atoms in total. The fourth-order valence-corrected chi connectivity index (χ4v) is 2.44. The highest BCUT2D eigenvalue weighted by Gasteiger charge is 2.31. The lowest BCUT2D eigenvalue weighted by molar-refractivity contribution is -0.147. The Morgan fingerprint density at radius 3 is 1.90 bits per heavy atom. The topological polar surface area (TPSA) is 214 Å². The molecule has 0 aliphatic heterocycles. The molecular weight excluding hydrogens is 386 g/mol. The van der Waals surface area contributed by atoms with Crippen molar-refractivity contribution < 1.29 is 34.2 Å². The van der Waals surface area contributed by atoms with Crippen molar-refractivity contribution in [3.05, 3.63) is 0 Å². The first-order valence-corrected chi connectivity index (χ1v) is 9.28. The molecule has 0 aromatic heterocycles. The Morgan fingerprint density at radius 1 is 0.862 bits per heavy atom. The molecule has 0 spiro atoms. The van der Waals surface area contributed by atoms with Gasteiger partial charge in [-0.3, -0.25) is 19.2 Å². The first-order valence-electron chi connectivity index (χ1n) is 9.28. The van der Waals surface area contributed by atoms with Crippen molar-refractivity contribution in [1.29, 1.82) is 0 Å². The van der Waals surface area contributed by atoms with E-state index in [4.69, 9.17) is 21.7 Å². The number of unbranched alkanes of at least 4 members (excludes halogenated alkanes) is 1. The van der Waals surface area contributed by atoms with Crippen LogP contribution in [-0.4, -0.2) is 71.1 Å². The summed E-state index contributed by atoms with van der Waals surface area (Å²) >= 11 is 0. The summed E-state index contributed by atoms with van der Waals surface area (Å²) in [7, 11) is 0. The van der Waals surface area contributed by atoms with Crippen LogP contribution >= 0.6 is 0 Å². The monoisotopic (exact) mass is 417 g/mol. The number of carboxylic acids is 2.